The zero-order valence-electron chi connectivity index (χ0n) is 14.3. The van der Waals surface area contributed by atoms with Crippen LogP contribution in [0.2, 0.25) is 0 Å². The average molecular weight is 397 g/mol. The molecule has 0 unspecified atom stereocenters. The van der Waals surface area contributed by atoms with Crippen LogP contribution >= 0.6 is 0 Å². The Bertz CT molecular complexity index is 770. The lowest BCUT2D eigenvalue weighted by Gasteiger charge is -2.43. The van der Waals surface area contributed by atoms with Gasteiger partial charge in [-0.3, -0.25) is 0 Å². The highest BCUT2D eigenvalue weighted by Crippen LogP contribution is 2.43. The number of hydrogen-bond donors (Lipinski definition) is 1. The molecule has 2 rings (SSSR count). The molecule has 0 amide bonds. The van der Waals surface area contributed by atoms with E-state index in [2.05, 4.69) is 14.8 Å². The third-order valence-corrected chi connectivity index (χ3v) is 4.23. The van der Waals surface area contributed by atoms with Gasteiger partial charge in [0.15, 0.2) is 0 Å². The number of aliphatic hydroxyl groups is 1. The normalized spacial score (nSPS) is 15.2. The molecule has 1 atom stereocenters. The molecule has 0 aliphatic carbocycles. The summed E-state index contributed by atoms with van der Waals surface area (Å²) in [7, 11) is 0. The summed E-state index contributed by atoms with van der Waals surface area (Å²) in [6.07, 6.45) is -6.54. The van der Waals surface area contributed by atoms with Crippen LogP contribution in [0.5, 0.6) is 0 Å². The molecule has 0 saturated carbocycles. The zero-order chi connectivity index (χ0) is 20.5. The van der Waals surface area contributed by atoms with Crippen LogP contribution in [0.4, 0.5) is 26.3 Å². The Kier molecular flexibility index (Phi) is 5.85. The lowest BCUT2D eigenvalue weighted by Crippen LogP contribution is -2.50. The summed E-state index contributed by atoms with van der Waals surface area (Å²) in [6, 6.07) is 2.32. The largest absolute Gasteiger partial charge is 0.416 e. The highest BCUT2D eigenvalue weighted by atomic mass is 19.3. The van der Waals surface area contributed by atoms with E-state index in [4.69, 9.17) is 0 Å². The molecule has 0 radical (unpaired) electrons. The van der Waals surface area contributed by atoms with Gasteiger partial charge in [-0.25, -0.2) is 27.2 Å². The zero-order valence-corrected chi connectivity index (χ0v) is 14.3. The molecule has 1 aromatic heterocycles. The summed E-state index contributed by atoms with van der Waals surface area (Å²) in [6.45, 7) is 0.890. The van der Waals surface area contributed by atoms with Crippen LogP contribution in [-0.2, 0) is 16.9 Å². The lowest BCUT2D eigenvalue weighted by atomic mass is 9.71. The van der Waals surface area contributed by atoms with Crippen LogP contribution in [-0.4, -0.2) is 39.0 Å². The van der Waals surface area contributed by atoms with Gasteiger partial charge >= 0.3 is 12.5 Å². The van der Waals surface area contributed by atoms with Gasteiger partial charge in [-0.1, -0.05) is 19.9 Å². The summed E-state index contributed by atoms with van der Waals surface area (Å²) >= 11 is 0. The van der Waals surface area contributed by atoms with Crippen LogP contribution in [0.15, 0.2) is 30.9 Å². The molecule has 1 N–H and O–H groups in total. The molecule has 5 nitrogen and oxygen atoms in total. The number of hydrogen-bond acceptors (Lipinski definition) is 4. The predicted octanol–water partition coefficient (Wildman–Crippen LogP) is 3.34. The number of ether oxygens (including phenoxy) is 1. The van der Waals surface area contributed by atoms with Gasteiger partial charge in [-0.15, -0.1) is 0 Å². The van der Waals surface area contributed by atoms with Crippen molar-refractivity contribution in [3.8, 4) is 0 Å². The summed E-state index contributed by atoms with van der Waals surface area (Å²) in [5.74, 6) is -2.07. The molecular weight excluding hydrogens is 380 g/mol. The minimum Gasteiger partial charge on any atom is -0.382 e. The molecule has 1 aromatic carbocycles. The Morgan fingerprint density at radius 1 is 1.22 bits per heavy atom. The summed E-state index contributed by atoms with van der Waals surface area (Å²) < 4.78 is 83.8. The maximum absolute atomic E-state index is 14.4. The fraction of sp³-hybridized carbons (Fsp3) is 0.500. The second kappa shape index (κ2) is 7.47. The maximum atomic E-state index is 14.4. The van der Waals surface area contributed by atoms with Gasteiger partial charge in [-0.05, 0) is 6.07 Å². The third kappa shape index (κ3) is 4.41. The molecule has 0 bridgehead atoms. The lowest BCUT2D eigenvalue weighted by molar-refractivity contribution is -0.316. The van der Waals surface area contributed by atoms with Crippen molar-refractivity contribution in [3.63, 3.8) is 0 Å². The molecule has 2 aromatic rings. The fourth-order valence-corrected chi connectivity index (χ4v) is 2.50. The van der Waals surface area contributed by atoms with Crippen molar-refractivity contribution in [1.29, 1.82) is 0 Å². The molecule has 27 heavy (non-hydrogen) atoms. The van der Waals surface area contributed by atoms with Crippen molar-refractivity contribution in [3.05, 3.63) is 48.1 Å². The number of aromatic nitrogens is 3. The van der Waals surface area contributed by atoms with E-state index < -0.39 is 53.9 Å². The van der Waals surface area contributed by atoms with Crippen molar-refractivity contribution in [1.82, 2.24) is 14.8 Å². The standard InChI is InChI=1S/C16H17F6N3O2/c1-14(2,7-27-16(21,22)13(19)20)15(26,6-25-9-23-8-24-25)11-4-3-10(17)5-12(11)18/h3-5,8-9,13,26H,6-7H2,1-2H3/t15-/m0/s1. The number of halogens is 6. The van der Waals surface area contributed by atoms with Gasteiger partial charge in [0.2, 0.25) is 0 Å². The smallest absolute Gasteiger partial charge is 0.382 e. The van der Waals surface area contributed by atoms with Gasteiger partial charge in [-0.2, -0.15) is 13.9 Å². The molecule has 150 valence electrons. The number of benzene rings is 1. The van der Waals surface area contributed by atoms with E-state index in [9.17, 15) is 31.4 Å². The highest BCUT2D eigenvalue weighted by Gasteiger charge is 2.51. The first-order valence-electron chi connectivity index (χ1n) is 7.69. The van der Waals surface area contributed by atoms with Gasteiger partial charge < -0.3 is 9.84 Å². The van der Waals surface area contributed by atoms with Crippen LogP contribution in [0.3, 0.4) is 0 Å². The Morgan fingerprint density at radius 3 is 2.41 bits per heavy atom. The van der Waals surface area contributed by atoms with Crippen molar-refractivity contribution >= 4 is 0 Å². The molecule has 0 fully saturated rings. The first kappa shape index (κ1) is 21.2. The SMILES string of the molecule is CC(C)(COC(F)(F)C(F)F)[C@](O)(Cn1cncn1)c1ccc(F)cc1F. The summed E-state index contributed by atoms with van der Waals surface area (Å²) in [5.41, 5.74) is -4.44. The maximum Gasteiger partial charge on any atom is 0.416 e. The summed E-state index contributed by atoms with van der Waals surface area (Å²) in [4.78, 5) is 3.66. The van der Waals surface area contributed by atoms with E-state index in [-0.39, 0.29) is 0 Å². The van der Waals surface area contributed by atoms with Gasteiger partial charge in [0.25, 0.3) is 0 Å². The van der Waals surface area contributed by atoms with Crippen LogP contribution in [0.25, 0.3) is 0 Å². The first-order chi connectivity index (χ1) is 12.4. The van der Waals surface area contributed by atoms with E-state index >= 15 is 0 Å². The van der Waals surface area contributed by atoms with Crippen molar-refractivity contribution in [2.45, 2.75) is 38.5 Å². The molecule has 1 heterocycles. The molecule has 0 spiro atoms. The van der Waals surface area contributed by atoms with E-state index in [1.54, 1.807) is 0 Å². The predicted molar refractivity (Wildman–Crippen MR) is 81.0 cm³/mol. The van der Waals surface area contributed by atoms with Crippen molar-refractivity contribution < 1.29 is 36.2 Å². The fourth-order valence-electron chi connectivity index (χ4n) is 2.50. The quantitative estimate of drug-likeness (QED) is 0.695. The van der Waals surface area contributed by atoms with E-state index in [1.807, 2.05) is 0 Å². The molecular formula is C16H17F6N3O2. The topological polar surface area (TPSA) is 60.2 Å². The van der Waals surface area contributed by atoms with E-state index in [0.717, 1.165) is 23.1 Å². The van der Waals surface area contributed by atoms with Gasteiger partial charge in [0.1, 0.15) is 29.9 Å². The minimum absolute atomic E-state index is 0.437. The molecule has 0 aliphatic rings. The number of alkyl halides is 4. The summed E-state index contributed by atoms with van der Waals surface area (Å²) in [5, 5.41) is 15.0. The third-order valence-electron chi connectivity index (χ3n) is 4.23. The van der Waals surface area contributed by atoms with E-state index in [1.165, 1.54) is 20.2 Å². The monoisotopic (exact) mass is 397 g/mol. The molecule has 0 aliphatic heterocycles. The Hall–Kier alpha value is -2.14. The number of rotatable bonds is 8. The minimum atomic E-state index is -4.76. The van der Waals surface area contributed by atoms with Gasteiger partial charge in [0.05, 0.1) is 13.2 Å². The second-order valence-corrected chi connectivity index (χ2v) is 6.61. The molecule has 11 heteroatoms. The van der Waals surface area contributed by atoms with Crippen LogP contribution in [0.1, 0.15) is 19.4 Å². The van der Waals surface area contributed by atoms with E-state index in [0.29, 0.717) is 6.07 Å². The van der Waals surface area contributed by atoms with Crippen molar-refractivity contribution in [2.75, 3.05) is 6.61 Å². The first-order valence-corrected chi connectivity index (χ1v) is 7.69. The Balaban J connectivity index is 2.44. The highest BCUT2D eigenvalue weighted by molar-refractivity contribution is 5.27. The van der Waals surface area contributed by atoms with Crippen LogP contribution < -0.4 is 0 Å². The number of nitrogens with zero attached hydrogens (tertiary/aromatic N) is 3. The second-order valence-electron chi connectivity index (χ2n) is 6.61. The Morgan fingerprint density at radius 2 is 1.89 bits per heavy atom. The van der Waals surface area contributed by atoms with Crippen LogP contribution in [0, 0.1) is 17.0 Å². The Labute approximate surface area is 150 Å². The van der Waals surface area contributed by atoms with Gasteiger partial charge in [0, 0.05) is 17.0 Å². The average Bonchev–Trinajstić information content (AvgIpc) is 3.05. The van der Waals surface area contributed by atoms with Crippen molar-refractivity contribution in [2.24, 2.45) is 5.41 Å². The molecule has 0 saturated heterocycles.